The average Bonchev–Trinajstić information content (AvgIpc) is 2.87. The monoisotopic (exact) mass is 431 g/mol. The molecule has 134 valence electrons. The molecular formula is C19H18BrN3O2S. The van der Waals surface area contributed by atoms with E-state index in [0.29, 0.717) is 4.91 Å². The molecule has 0 saturated carbocycles. The third-order valence-electron chi connectivity index (χ3n) is 3.85. The molecule has 0 bridgehead atoms. The van der Waals surface area contributed by atoms with E-state index >= 15 is 0 Å². The minimum Gasteiger partial charge on any atom is -0.378 e. The number of anilines is 2. The van der Waals surface area contributed by atoms with Crippen LogP contribution in [0.1, 0.15) is 5.56 Å². The molecule has 1 heterocycles. The summed E-state index contributed by atoms with van der Waals surface area (Å²) in [6, 6.07) is 15.4. The number of halogens is 1. The molecule has 0 atom stereocenters. The maximum atomic E-state index is 12.5. The number of nitrogens with one attached hydrogen (secondary N) is 1. The Hall–Kier alpha value is -2.25. The molecule has 1 aliphatic heterocycles. The summed E-state index contributed by atoms with van der Waals surface area (Å²) in [5.74, 6) is -0.279. The second-order valence-electron chi connectivity index (χ2n) is 5.94. The first-order valence-electron chi connectivity index (χ1n) is 7.96. The van der Waals surface area contributed by atoms with Gasteiger partial charge in [0.15, 0.2) is 0 Å². The number of thioether (sulfide) groups is 1. The van der Waals surface area contributed by atoms with Crippen LogP contribution >= 0.6 is 27.7 Å². The number of hydrogen-bond donors (Lipinski definition) is 1. The first-order valence-corrected chi connectivity index (χ1v) is 9.57. The Morgan fingerprint density at radius 3 is 2.54 bits per heavy atom. The first-order chi connectivity index (χ1) is 12.4. The van der Waals surface area contributed by atoms with E-state index in [9.17, 15) is 9.59 Å². The van der Waals surface area contributed by atoms with Crippen molar-refractivity contribution < 1.29 is 9.59 Å². The quantitative estimate of drug-likeness (QED) is 0.699. The lowest BCUT2D eigenvalue weighted by molar-refractivity contribution is -0.122. The van der Waals surface area contributed by atoms with Gasteiger partial charge in [0, 0.05) is 29.9 Å². The number of amides is 2. The summed E-state index contributed by atoms with van der Waals surface area (Å²) < 4.78 is 0.928. The Kier molecular flexibility index (Phi) is 5.68. The summed E-state index contributed by atoms with van der Waals surface area (Å²) >= 11 is 4.36. The fourth-order valence-corrected chi connectivity index (χ4v) is 3.66. The number of nitrogens with zero attached hydrogens (tertiary/aromatic N) is 2. The van der Waals surface area contributed by atoms with Crippen LogP contribution in [0.4, 0.5) is 16.2 Å². The lowest BCUT2D eigenvalue weighted by atomic mass is 10.2. The van der Waals surface area contributed by atoms with Crippen LogP contribution in [-0.2, 0) is 4.79 Å². The zero-order valence-electron chi connectivity index (χ0n) is 14.4. The summed E-state index contributed by atoms with van der Waals surface area (Å²) in [5.41, 5.74) is 2.80. The van der Waals surface area contributed by atoms with E-state index in [2.05, 4.69) is 21.2 Å². The summed E-state index contributed by atoms with van der Waals surface area (Å²) in [7, 11) is 3.94. The number of rotatable bonds is 5. The Morgan fingerprint density at radius 2 is 1.88 bits per heavy atom. The Labute approximate surface area is 165 Å². The molecule has 1 fully saturated rings. The van der Waals surface area contributed by atoms with Gasteiger partial charge < -0.3 is 10.2 Å². The molecule has 0 aromatic heterocycles. The molecule has 2 aromatic rings. The Balaban J connectivity index is 1.69. The fourth-order valence-electron chi connectivity index (χ4n) is 2.43. The molecule has 0 radical (unpaired) electrons. The van der Waals surface area contributed by atoms with Gasteiger partial charge in [0.05, 0.1) is 11.6 Å². The van der Waals surface area contributed by atoms with Crippen molar-refractivity contribution in [3.05, 3.63) is 63.5 Å². The smallest absolute Gasteiger partial charge is 0.295 e. The van der Waals surface area contributed by atoms with Crippen LogP contribution in [0.2, 0.25) is 0 Å². The number of carbonyl (C=O) groups is 2. The van der Waals surface area contributed by atoms with Crippen LogP contribution < -0.4 is 10.2 Å². The van der Waals surface area contributed by atoms with E-state index in [1.165, 1.54) is 4.90 Å². The van der Waals surface area contributed by atoms with Gasteiger partial charge >= 0.3 is 0 Å². The van der Waals surface area contributed by atoms with Crippen molar-refractivity contribution in [1.82, 2.24) is 4.90 Å². The van der Waals surface area contributed by atoms with Gasteiger partial charge in [0.1, 0.15) is 0 Å². The number of carbonyl (C=O) groups excluding carboxylic acids is 2. The minimum atomic E-state index is -0.279. The Bertz CT molecular complexity index is 865. The van der Waals surface area contributed by atoms with E-state index in [-0.39, 0.29) is 17.8 Å². The average molecular weight is 432 g/mol. The van der Waals surface area contributed by atoms with Gasteiger partial charge in [-0.3, -0.25) is 14.5 Å². The Morgan fingerprint density at radius 1 is 1.15 bits per heavy atom. The van der Waals surface area contributed by atoms with Gasteiger partial charge in [-0.05, 0) is 53.7 Å². The highest BCUT2D eigenvalue weighted by Gasteiger charge is 2.34. The standard InChI is InChI=1S/C19H18BrN3O2S/c1-22(2)16-8-6-13(7-9-16)10-17-18(24)23(19(25)26-17)12-21-15-5-3-4-14(20)11-15/h3-11,21H,12H2,1-2H3/b17-10+. The van der Waals surface area contributed by atoms with Crippen molar-refractivity contribution in [1.29, 1.82) is 0 Å². The maximum Gasteiger partial charge on any atom is 0.295 e. The number of hydrogen-bond acceptors (Lipinski definition) is 5. The number of imide groups is 1. The highest BCUT2D eigenvalue weighted by atomic mass is 79.9. The zero-order valence-corrected chi connectivity index (χ0v) is 16.8. The van der Waals surface area contributed by atoms with Crippen LogP contribution in [0.5, 0.6) is 0 Å². The number of benzene rings is 2. The molecule has 1 saturated heterocycles. The third kappa shape index (κ3) is 4.28. The van der Waals surface area contributed by atoms with Crippen molar-refractivity contribution in [2.75, 3.05) is 31.0 Å². The van der Waals surface area contributed by atoms with Crippen LogP contribution in [0.25, 0.3) is 6.08 Å². The molecule has 26 heavy (non-hydrogen) atoms. The van der Waals surface area contributed by atoms with Crippen molar-refractivity contribution in [3.63, 3.8) is 0 Å². The molecule has 0 spiro atoms. The predicted molar refractivity (Wildman–Crippen MR) is 111 cm³/mol. The van der Waals surface area contributed by atoms with Crippen molar-refractivity contribution in [2.45, 2.75) is 0 Å². The second kappa shape index (κ2) is 7.97. The normalized spacial score (nSPS) is 15.7. The molecule has 7 heteroatoms. The highest BCUT2D eigenvalue weighted by molar-refractivity contribution is 9.10. The molecule has 1 N–H and O–H groups in total. The molecule has 3 rings (SSSR count). The van der Waals surface area contributed by atoms with Crippen LogP contribution in [-0.4, -0.2) is 36.8 Å². The predicted octanol–water partition coefficient (Wildman–Crippen LogP) is 4.62. The van der Waals surface area contributed by atoms with E-state index < -0.39 is 0 Å². The van der Waals surface area contributed by atoms with Gasteiger partial charge in [0.25, 0.3) is 11.1 Å². The van der Waals surface area contributed by atoms with Crippen molar-refractivity contribution >= 4 is 56.3 Å². The third-order valence-corrected chi connectivity index (χ3v) is 5.25. The lowest BCUT2D eigenvalue weighted by Crippen LogP contribution is -2.33. The van der Waals surface area contributed by atoms with Gasteiger partial charge in [0.2, 0.25) is 0 Å². The van der Waals surface area contributed by atoms with Crippen molar-refractivity contribution in [2.24, 2.45) is 0 Å². The largest absolute Gasteiger partial charge is 0.378 e. The molecule has 2 aromatic carbocycles. The van der Waals surface area contributed by atoms with Crippen LogP contribution in [0.15, 0.2) is 57.9 Å². The van der Waals surface area contributed by atoms with Gasteiger partial charge in [-0.15, -0.1) is 0 Å². The first kappa shape index (κ1) is 18.5. The molecule has 0 aliphatic carbocycles. The second-order valence-corrected chi connectivity index (χ2v) is 7.85. The summed E-state index contributed by atoms with van der Waals surface area (Å²) in [5, 5.41) is 2.83. The van der Waals surface area contributed by atoms with Gasteiger partial charge in [-0.1, -0.05) is 34.1 Å². The van der Waals surface area contributed by atoms with E-state index in [0.717, 1.165) is 33.2 Å². The maximum absolute atomic E-state index is 12.5. The fraction of sp³-hybridized carbons (Fsp3) is 0.158. The van der Waals surface area contributed by atoms with E-state index in [1.54, 1.807) is 6.08 Å². The summed E-state index contributed by atoms with van der Waals surface area (Å²) in [6.07, 6.45) is 1.75. The van der Waals surface area contributed by atoms with E-state index in [1.807, 2.05) is 67.5 Å². The molecule has 1 aliphatic rings. The lowest BCUT2D eigenvalue weighted by Gasteiger charge is -2.14. The van der Waals surface area contributed by atoms with E-state index in [4.69, 9.17) is 0 Å². The summed E-state index contributed by atoms with van der Waals surface area (Å²) in [4.78, 5) is 28.4. The van der Waals surface area contributed by atoms with Crippen molar-refractivity contribution in [3.8, 4) is 0 Å². The van der Waals surface area contributed by atoms with Gasteiger partial charge in [-0.2, -0.15) is 0 Å². The SMILES string of the molecule is CN(C)c1ccc(/C=C2/SC(=O)N(CNc3cccc(Br)c3)C2=O)cc1. The molecule has 5 nitrogen and oxygen atoms in total. The molecule has 2 amide bonds. The molecule has 0 unspecified atom stereocenters. The van der Waals surface area contributed by atoms with Gasteiger partial charge in [-0.25, -0.2) is 0 Å². The zero-order chi connectivity index (χ0) is 18.7. The summed E-state index contributed by atoms with van der Waals surface area (Å²) in [6.45, 7) is 0.137. The highest BCUT2D eigenvalue weighted by Crippen LogP contribution is 2.32. The minimum absolute atomic E-state index is 0.137. The molecular weight excluding hydrogens is 414 g/mol. The topological polar surface area (TPSA) is 52.7 Å². The van der Waals surface area contributed by atoms with Crippen LogP contribution in [0, 0.1) is 0 Å². The van der Waals surface area contributed by atoms with Crippen LogP contribution in [0.3, 0.4) is 0 Å².